The summed E-state index contributed by atoms with van der Waals surface area (Å²) >= 11 is 0. The number of fused-ring (bicyclic) bond motifs is 1. The number of allylic oxidation sites excluding steroid dienone is 2. The second-order valence-corrected chi connectivity index (χ2v) is 6.48. The molecule has 16 heavy (non-hydrogen) atoms. The van der Waals surface area contributed by atoms with Gasteiger partial charge in [0, 0.05) is 11.3 Å². The topological polar surface area (TPSA) is 38.4 Å². The van der Waals surface area contributed by atoms with Crippen LogP contribution < -0.4 is 5.73 Å². The third-order valence-electron chi connectivity index (χ3n) is 3.85. The average molecular weight is 218 g/mol. The Morgan fingerprint density at radius 2 is 1.94 bits per heavy atom. The third-order valence-corrected chi connectivity index (χ3v) is 3.85. The van der Waals surface area contributed by atoms with Gasteiger partial charge in [-0.05, 0) is 11.0 Å². The van der Waals surface area contributed by atoms with Gasteiger partial charge in [0.05, 0.1) is 6.04 Å². The minimum Gasteiger partial charge on any atom is -0.387 e. The van der Waals surface area contributed by atoms with Gasteiger partial charge in [-0.2, -0.15) is 0 Å². The predicted molar refractivity (Wildman–Crippen MR) is 69.4 cm³/mol. The Labute approximate surface area is 98.3 Å². The normalized spacial score (nSPS) is 32.1. The molecule has 2 nitrogen and oxygen atoms in total. The zero-order chi connectivity index (χ0) is 12.1. The van der Waals surface area contributed by atoms with Crippen LogP contribution in [0.5, 0.6) is 0 Å². The quantitative estimate of drug-likeness (QED) is 0.667. The number of nitrogens with two attached hydrogens (primary N) is 1. The predicted octanol–water partition coefficient (Wildman–Crippen LogP) is 2.91. The molecule has 2 atom stereocenters. The van der Waals surface area contributed by atoms with Gasteiger partial charge >= 0.3 is 0 Å². The number of nitrogens with zero attached hydrogens (tertiary/aromatic N) is 1. The van der Waals surface area contributed by atoms with Crippen LogP contribution in [0, 0.1) is 16.7 Å². The zero-order valence-electron chi connectivity index (χ0n) is 10.9. The smallest absolute Gasteiger partial charge is 0.101 e. The summed E-state index contributed by atoms with van der Waals surface area (Å²) < 4.78 is 0. The molecular weight excluding hydrogens is 196 g/mol. The van der Waals surface area contributed by atoms with E-state index in [0.29, 0.717) is 5.92 Å². The van der Waals surface area contributed by atoms with E-state index in [0.717, 1.165) is 5.84 Å². The number of aliphatic imine (C=N–C) groups is 1. The van der Waals surface area contributed by atoms with Crippen LogP contribution >= 0.6 is 0 Å². The van der Waals surface area contributed by atoms with Crippen LogP contribution in [0.1, 0.15) is 34.6 Å². The minimum absolute atomic E-state index is 0.00801. The second-order valence-electron chi connectivity index (χ2n) is 6.48. The standard InChI is InChI=1S/C14H22N2/c1-13(2,3)9-6-7-11-10(8-9)14(4,5)12(15)16-11/h6-8,10-11H,1-5H3,(H2,15,16). The second kappa shape index (κ2) is 3.22. The van der Waals surface area contributed by atoms with Gasteiger partial charge < -0.3 is 5.73 Å². The molecule has 0 amide bonds. The van der Waals surface area contributed by atoms with Gasteiger partial charge in [-0.15, -0.1) is 0 Å². The third kappa shape index (κ3) is 1.60. The molecule has 2 rings (SSSR count). The maximum atomic E-state index is 6.01. The lowest BCUT2D eigenvalue weighted by atomic mass is 9.71. The van der Waals surface area contributed by atoms with Gasteiger partial charge in [0.15, 0.2) is 0 Å². The van der Waals surface area contributed by atoms with E-state index >= 15 is 0 Å². The molecule has 0 aromatic carbocycles. The number of rotatable bonds is 0. The van der Waals surface area contributed by atoms with Crippen LogP contribution in [0.4, 0.5) is 0 Å². The lowest BCUT2D eigenvalue weighted by Gasteiger charge is -2.32. The fraction of sp³-hybridized carbons (Fsp3) is 0.643. The van der Waals surface area contributed by atoms with Crippen molar-refractivity contribution >= 4 is 5.84 Å². The van der Waals surface area contributed by atoms with Crippen LogP contribution in [0.2, 0.25) is 0 Å². The van der Waals surface area contributed by atoms with Gasteiger partial charge in [0.1, 0.15) is 5.84 Å². The van der Waals surface area contributed by atoms with E-state index in [1.54, 1.807) is 0 Å². The number of amidine groups is 1. The molecule has 0 aromatic rings. The summed E-state index contributed by atoms with van der Waals surface area (Å²) in [5.41, 5.74) is 7.60. The fourth-order valence-corrected chi connectivity index (χ4v) is 2.43. The molecule has 0 bridgehead atoms. The lowest BCUT2D eigenvalue weighted by molar-refractivity contribution is 0.368. The first-order valence-corrected chi connectivity index (χ1v) is 5.97. The molecule has 2 heteroatoms. The highest BCUT2D eigenvalue weighted by Gasteiger charge is 2.43. The molecule has 0 radical (unpaired) electrons. The van der Waals surface area contributed by atoms with Crippen LogP contribution in [-0.2, 0) is 0 Å². The Bertz CT molecular complexity index is 391. The average Bonchev–Trinajstić information content (AvgIpc) is 2.37. The Morgan fingerprint density at radius 1 is 1.31 bits per heavy atom. The van der Waals surface area contributed by atoms with E-state index in [1.807, 2.05) is 0 Å². The molecule has 0 spiro atoms. The van der Waals surface area contributed by atoms with E-state index in [9.17, 15) is 0 Å². The van der Waals surface area contributed by atoms with Crippen molar-refractivity contribution in [1.82, 2.24) is 0 Å². The van der Waals surface area contributed by atoms with E-state index < -0.39 is 0 Å². The lowest BCUT2D eigenvalue weighted by Crippen LogP contribution is -2.35. The molecular formula is C14H22N2. The van der Waals surface area contributed by atoms with Crippen molar-refractivity contribution in [2.75, 3.05) is 0 Å². The maximum absolute atomic E-state index is 6.01. The van der Waals surface area contributed by atoms with Crippen molar-refractivity contribution in [3.05, 3.63) is 23.8 Å². The van der Waals surface area contributed by atoms with E-state index in [1.165, 1.54) is 5.57 Å². The molecule has 0 aromatic heterocycles. The van der Waals surface area contributed by atoms with Crippen molar-refractivity contribution in [2.45, 2.75) is 40.7 Å². The van der Waals surface area contributed by atoms with E-state index in [4.69, 9.17) is 5.73 Å². The first-order valence-electron chi connectivity index (χ1n) is 5.97. The summed E-state index contributed by atoms with van der Waals surface area (Å²) in [6.45, 7) is 11.1. The minimum atomic E-state index is -0.00801. The van der Waals surface area contributed by atoms with Crippen molar-refractivity contribution < 1.29 is 0 Å². The van der Waals surface area contributed by atoms with Crippen LogP contribution in [0.15, 0.2) is 28.8 Å². The summed E-state index contributed by atoms with van der Waals surface area (Å²) in [6, 6.07) is 0.251. The monoisotopic (exact) mass is 218 g/mol. The van der Waals surface area contributed by atoms with Gasteiger partial charge in [-0.25, -0.2) is 0 Å². The Kier molecular flexibility index (Phi) is 2.30. The maximum Gasteiger partial charge on any atom is 0.101 e. The van der Waals surface area contributed by atoms with Crippen molar-refractivity contribution in [3.63, 3.8) is 0 Å². The Morgan fingerprint density at radius 3 is 2.50 bits per heavy atom. The highest BCUT2D eigenvalue weighted by Crippen LogP contribution is 2.43. The first-order chi connectivity index (χ1) is 7.23. The zero-order valence-corrected chi connectivity index (χ0v) is 10.9. The molecule has 1 aliphatic carbocycles. The molecule has 88 valence electrons. The van der Waals surface area contributed by atoms with Gasteiger partial charge in [-0.1, -0.05) is 52.8 Å². The van der Waals surface area contributed by atoms with Crippen molar-refractivity contribution in [2.24, 2.45) is 27.5 Å². The molecule has 0 saturated carbocycles. The fourth-order valence-electron chi connectivity index (χ4n) is 2.43. The van der Waals surface area contributed by atoms with Crippen molar-refractivity contribution in [3.8, 4) is 0 Å². The summed E-state index contributed by atoms with van der Waals surface area (Å²) in [7, 11) is 0. The summed E-state index contributed by atoms with van der Waals surface area (Å²) in [5.74, 6) is 1.21. The molecule has 1 heterocycles. The first kappa shape index (κ1) is 11.4. The largest absolute Gasteiger partial charge is 0.387 e. The Hall–Kier alpha value is -1.05. The van der Waals surface area contributed by atoms with Crippen molar-refractivity contribution in [1.29, 1.82) is 0 Å². The summed E-state index contributed by atoms with van der Waals surface area (Å²) in [6.07, 6.45) is 6.78. The molecule has 1 aliphatic heterocycles. The molecule has 2 N–H and O–H groups in total. The van der Waals surface area contributed by atoms with E-state index in [2.05, 4.69) is 57.8 Å². The molecule has 0 fully saturated rings. The Balaban J connectivity index is 2.37. The molecule has 2 unspecified atom stereocenters. The SMILES string of the molecule is CC(C)(C)C1=CC2C(C=C1)N=C(N)C2(C)C. The highest BCUT2D eigenvalue weighted by atomic mass is 15.0. The summed E-state index contributed by atoms with van der Waals surface area (Å²) in [4.78, 5) is 4.54. The number of hydrogen-bond acceptors (Lipinski definition) is 2. The van der Waals surface area contributed by atoms with Gasteiger partial charge in [0.2, 0.25) is 0 Å². The molecule has 2 aliphatic rings. The van der Waals surface area contributed by atoms with Crippen LogP contribution in [-0.4, -0.2) is 11.9 Å². The van der Waals surface area contributed by atoms with Gasteiger partial charge in [0.25, 0.3) is 0 Å². The molecule has 0 saturated heterocycles. The van der Waals surface area contributed by atoms with E-state index in [-0.39, 0.29) is 16.9 Å². The number of hydrogen-bond donors (Lipinski definition) is 1. The van der Waals surface area contributed by atoms with Crippen LogP contribution in [0.25, 0.3) is 0 Å². The van der Waals surface area contributed by atoms with Gasteiger partial charge in [-0.3, -0.25) is 4.99 Å². The van der Waals surface area contributed by atoms with Crippen LogP contribution in [0.3, 0.4) is 0 Å². The summed E-state index contributed by atoms with van der Waals surface area (Å²) in [5, 5.41) is 0. The highest BCUT2D eigenvalue weighted by molar-refractivity contribution is 5.89.